The third-order valence-electron chi connectivity index (χ3n) is 7.16. The molecule has 0 amide bonds. The topological polar surface area (TPSA) is 266 Å². The van der Waals surface area contributed by atoms with Crippen LogP contribution in [0.25, 0.3) is 28.4 Å². The highest BCUT2D eigenvalue weighted by Gasteiger charge is 2.46. The van der Waals surface area contributed by atoms with Crippen LogP contribution in [0.1, 0.15) is 5.56 Å². The van der Waals surface area contributed by atoms with Gasteiger partial charge in [0.1, 0.15) is 53.5 Å². The van der Waals surface area contributed by atoms with Crippen molar-refractivity contribution in [3.63, 3.8) is 0 Å². The molecule has 0 saturated carbocycles. The number of methoxy groups -OCH3 is 1. The predicted molar refractivity (Wildman–Crippen MR) is 158 cm³/mol. The van der Waals surface area contributed by atoms with Crippen molar-refractivity contribution in [2.75, 3.05) is 13.7 Å². The lowest BCUT2D eigenvalue weighted by atomic mass is 9.99. The number of benzene rings is 3. The van der Waals surface area contributed by atoms with Gasteiger partial charge < -0.3 is 69.3 Å². The quantitative estimate of drug-likeness (QED) is 0.0731. The molecule has 4 aromatic rings. The summed E-state index contributed by atoms with van der Waals surface area (Å²) in [5.74, 6) is -5.99. The Morgan fingerprint density at radius 1 is 0.872 bits per heavy atom. The van der Waals surface area contributed by atoms with E-state index in [1.54, 1.807) is 0 Å². The number of carbonyl (C=O) groups excluding carboxylic acids is 1. The Morgan fingerprint density at radius 3 is 2.26 bits per heavy atom. The molecular weight excluding hydrogens is 628 g/mol. The van der Waals surface area contributed by atoms with Crippen LogP contribution >= 0.6 is 0 Å². The molecule has 9 N–H and O–H groups in total. The van der Waals surface area contributed by atoms with Gasteiger partial charge in [-0.1, -0.05) is 6.07 Å². The van der Waals surface area contributed by atoms with Crippen LogP contribution in [0.5, 0.6) is 46.0 Å². The highest BCUT2D eigenvalue weighted by Crippen LogP contribution is 2.43. The number of phenols is 6. The van der Waals surface area contributed by atoms with Gasteiger partial charge >= 0.3 is 5.97 Å². The molecule has 0 spiro atoms. The molecule has 0 bridgehead atoms. The summed E-state index contributed by atoms with van der Waals surface area (Å²) in [5.41, 5.74) is -1.25. The van der Waals surface area contributed by atoms with Crippen LogP contribution in [0.2, 0.25) is 0 Å². The zero-order valence-corrected chi connectivity index (χ0v) is 24.2. The summed E-state index contributed by atoms with van der Waals surface area (Å²) in [5, 5.41) is 91.2. The first-order chi connectivity index (χ1) is 22.3. The fourth-order valence-electron chi connectivity index (χ4n) is 4.74. The van der Waals surface area contributed by atoms with Crippen molar-refractivity contribution in [2.45, 2.75) is 30.7 Å². The minimum atomic E-state index is -2.01. The first-order valence-electron chi connectivity index (χ1n) is 13.6. The average molecular weight is 657 g/mol. The van der Waals surface area contributed by atoms with E-state index < -0.39 is 94.4 Å². The Balaban J connectivity index is 1.43. The maximum atomic E-state index is 13.6. The summed E-state index contributed by atoms with van der Waals surface area (Å²) in [6, 6.07) is 7.88. The normalized spacial score (nSPS) is 21.1. The number of fused-ring (bicyclic) bond motifs is 1. The van der Waals surface area contributed by atoms with Gasteiger partial charge in [0.25, 0.3) is 0 Å². The smallest absolute Gasteiger partial charge is 0.330 e. The van der Waals surface area contributed by atoms with Gasteiger partial charge in [-0.15, -0.1) is 0 Å². The number of aromatic hydroxyl groups is 6. The van der Waals surface area contributed by atoms with Crippen LogP contribution in [-0.2, 0) is 14.3 Å². The van der Waals surface area contributed by atoms with Crippen LogP contribution in [0, 0.1) is 0 Å². The molecule has 1 aliphatic heterocycles. The predicted octanol–water partition coefficient (Wildman–Crippen LogP) is 1.15. The van der Waals surface area contributed by atoms with E-state index in [0.717, 1.165) is 30.3 Å². The van der Waals surface area contributed by atoms with Gasteiger partial charge in [0.05, 0.1) is 7.11 Å². The van der Waals surface area contributed by atoms with Crippen LogP contribution in [-0.4, -0.2) is 96.4 Å². The molecule has 0 aliphatic carbocycles. The molecule has 47 heavy (non-hydrogen) atoms. The second-order valence-electron chi connectivity index (χ2n) is 10.3. The first kappa shape index (κ1) is 32.7. The summed E-state index contributed by atoms with van der Waals surface area (Å²) in [6.07, 6.45) is -6.88. The van der Waals surface area contributed by atoms with Crippen molar-refractivity contribution >= 4 is 23.0 Å². The van der Waals surface area contributed by atoms with Gasteiger partial charge in [0.2, 0.25) is 17.5 Å². The highest BCUT2D eigenvalue weighted by atomic mass is 16.7. The number of aliphatic hydroxyl groups is 3. The van der Waals surface area contributed by atoms with E-state index in [1.807, 2.05) is 0 Å². The van der Waals surface area contributed by atoms with Gasteiger partial charge in [0.15, 0.2) is 34.5 Å². The molecule has 1 aliphatic rings. The second-order valence-corrected chi connectivity index (χ2v) is 10.3. The van der Waals surface area contributed by atoms with E-state index >= 15 is 0 Å². The first-order valence-corrected chi connectivity index (χ1v) is 13.6. The molecule has 16 nitrogen and oxygen atoms in total. The third-order valence-corrected chi connectivity index (χ3v) is 7.16. The van der Waals surface area contributed by atoms with Crippen molar-refractivity contribution in [3.8, 4) is 57.3 Å². The molecule has 1 aromatic heterocycles. The molecule has 248 valence electrons. The minimum Gasteiger partial charge on any atom is -0.508 e. The zero-order valence-electron chi connectivity index (χ0n) is 24.2. The summed E-state index contributed by atoms with van der Waals surface area (Å²) in [7, 11) is 1.35. The van der Waals surface area contributed by atoms with Crippen LogP contribution in [0.3, 0.4) is 0 Å². The standard InChI is InChI=1S/C31H28O16/c1-43-19-6-12(2-4-15(19)33)3-5-22(37)44-11-21-25(39)27(41)28(42)31(46-21)47-30-26(40)23-16(34)9-14(32)10-20(23)45-29(30)13-7-17(35)24(38)18(36)8-13/h2-10,21,25,27-28,31-36,38-39,41-42H,11H2,1H3. The summed E-state index contributed by atoms with van der Waals surface area (Å²) in [6.45, 7) is -0.675. The molecule has 1 fully saturated rings. The van der Waals surface area contributed by atoms with Gasteiger partial charge in [-0.25, -0.2) is 4.79 Å². The lowest BCUT2D eigenvalue weighted by Gasteiger charge is -2.39. The lowest BCUT2D eigenvalue weighted by molar-refractivity contribution is -0.278. The van der Waals surface area contributed by atoms with Crippen molar-refractivity contribution < 1.29 is 74.1 Å². The molecule has 0 radical (unpaired) electrons. The molecule has 2 heterocycles. The third kappa shape index (κ3) is 6.52. The monoisotopic (exact) mass is 656 g/mol. The van der Waals surface area contributed by atoms with Crippen molar-refractivity contribution in [2.24, 2.45) is 0 Å². The van der Waals surface area contributed by atoms with Gasteiger partial charge in [-0.3, -0.25) is 4.79 Å². The van der Waals surface area contributed by atoms with Gasteiger partial charge in [-0.2, -0.15) is 0 Å². The Labute approximate surface area is 263 Å². The summed E-state index contributed by atoms with van der Waals surface area (Å²) >= 11 is 0. The summed E-state index contributed by atoms with van der Waals surface area (Å²) in [4.78, 5) is 26.0. The number of hydrogen-bond donors (Lipinski definition) is 9. The number of ether oxygens (including phenoxy) is 4. The Kier molecular flexibility index (Phi) is 9.03. The number of hydrogen-bond acceptors (Lipinski definition) is 16. The van der Waals surface area contributed by atoms with E-state index in [4.69, 9.17) is 23.4 Å². The van der Waals surface area contributed by atoms with Crippen LogP contribution in [0.4, 0.5) is 0 Å². The highest BCUT2D eigenvalue weighted by molar-refractivity contribution is 5.89. The summed E-state index contributed by atoms with van der Waals surface area (Å²) < 4.78 is 27.0. The minimum absolute atomic E-state index is 0.114. The number of aliphatic hydroxyl groups excluding tert-OH is 3. The van der Waals surface area contributed by atoms with E-state index in [1.165, 1.54) is 31.4 Å². The maximum absolute atomic E-state index is 13.6. The number of esters is 1. The number of carbonyl (C=O) groups is 1. The van der Waals surface area contributed by atoms with E-state index in [0.29, 0.717) is 5.56 Å². The largest absolute Gasteiger partial charge is 0.508 e. The fraction of sp³-hybridized carbons (Fsp3) is 0.226. The fourth-order valence-corrected chi connectivity index (χ4v) is 4.74. The van der Waals surface area contributed by atoms with Crippen LogP contribution in [0.15, 0.2) is 57.8 Å². The van der Waals surface area contributed by atoms with Crippen molar-refractivity contribution in [1.82, 2.24) is 0 Å². The molecule has 5 rings (SSSR count). The second kappa shape index (κ2) is 13.0. The van der Waals surface area contributed by atoms with Gasteiger partial charge in [0, 0.05) is 23.8 Å². The SMILES string of the molecule is COc1cc(C=CC(=O)OCC2OC(Oc3c(-c4cc(O)c(O)c(O)c4)oc4cc(O)cc(O)c4c3=O)C(O)C(O)C2O)ccc1O. The Hall–Kier alpha value is -5.68. The van der Waals surface area contributed by atoms with Crippen molar-refractivity contribution in [1.29, 1.82) is 0 Å². The maximum Gasteiger partial charge on any atom is 0.330 e. The van der Waals surface area contributed by atoms with E-state index in [2.05, 4.69) is 0 Å². The molecular formula is C31H28O16. The number of rotatable bonds is 8. The molecule has 16 heteroatoms. The Morgan fingerprint density at radius 2 is 1.57 bits per heavy atom. The molecule has 1 saturated heterocycles. The number of phenolic OH excluding ortho intramolecular Hbond substituents is 6. The van der Waals surface area contributed by atoms with Gasteiger partial charge in [-0.05, 0) is 35.9 Å². The zero-order chi connectivity index (χ0) is 34.2. The molecule has 5 unspecified atom stereocenters. The van der Waals surface area contributed by atoms with Crippen molar-refractivity contribution in [3.05, 3.63) is 64.3 Å². The van der Waals surface area contributed by atoms with E-state index in [9.17, 15) is 55.5 Å². The Bertz CT molecular complexity index is 1890. The lowest BCUT2D eigenvalue weighted by Crippen LogP contribution is -2.60. The van der Waals surface area contributed by atoms with Crippen LogP contribution < -0.4 is 14.9 Å². The molecule has 5 atom stereocenters. The molecule has 3 aromatic carbocycles. The average Bonchev–Trinajstić information content (AvgIpc) is 3.03. The van der Waals surface area contributed by atoms with E-state index in [-0.39, 0.29) is 22.6 Å².